The molecular weight excluding hydrogens is 257 g/mol. The molecule has 0 spiro atoms. The van der Waals surface area contributed by atoms with Crippen LogP contribution in [0.15, 0.2) is 42.5 Å². The number of rotatable bonds is 6. The first-order valence-electron chi connectivity index (χ1n) is 6.56. The van der Waals surface area contributed by atoms with Gasteiger partial charge in [-0.15, -0.1) is 0 Å². The lowest BCUT2D eigenvalue weighted by molar-refractivity contribution is 0.298. The Bertz CT molecular complexity index is 572. The highest BCUT2D eigenvalue weighted by molar-refractivity contribution is 5.34. The first-order valence-corrected chi connectivity index (χ1v) is 6.56. The molecule has 0 atom stereocenters. The van der Waals surface area contributed by atoms with Crippen LogP contribution in [0.3, 0.4) is 0 Å². The molecule has 0 saturated carbocycles. The molecule has 3 nitrogen and oxygen atoms in total. The van der Waals surface area contributed by atoms with E-state index in [0.717, 1.165) is 16.9 Å². The van der Waals surface area contributed by atoms with Crippen molar-refractivity contribution in [3.05, 3.63) is 59.4 Å². The zero-order valence-electron chi connectivity index (χ0n) is 11.4. The van der Waals surface area contributed by atoms with Crippen LogP contribution >= 0.6 is 0 Å². The summed E-state index contributed by atoms with van der Waals surface area (Å²) in [6, 6.07) is 11.9. The van der Waals surface area contributed by atoms with Crippen LogP contribution < -0.4 is 15.2 Å². The van der Waals surface area contributed by atoms with E-state index in [0.29, 0.717) is 18.9 Å². The smallest absolute Gasteiger partial charge is 0.123 e. The molecule has 0 aliphatic heterocycles. The average Bonchev–Trinajstić information content (AvgIpc) is 2.46. The minimum Gasteiger partial charge on any atom is -0.494 e. The molecule has 0 saturated heterocycles. The summed E-state index contributed by atoms with van der Waals surface area (Å²) in [5, 5.41) is 0. The Balaban J connectivity index is 2.08. The van der Waals surface area contributed by atoms with E-state index in [-0.39, 0.29) is 12.4 Å². The molecule has 2 aromatic carbocycles. The van der Waals surface area contributed by atoms with Gasteiger partial charge in [-0.25, -0.2) is 4.39 Å². The maximum Gasteiger partial charge on any atom is 0.123 e. The van der Waals surface area contributed by atoms with E-state index in [1.807, 2.05) is 31.2 Å². The molecule has 0 aliphatic carbocycles. The predicted octanol–water partition coefficient (Wildman–Crippen LogP) is 3.26. The summed E-state index contributed by atoms with van der Waals surface area (Å²) < 4.78 is 24.3. The van der Waals surface area contributed by atoms with E-state index < -0.39 is 0 Å². The van der Waals surface area contributed by atoms with Crippen LogP contribution in [0.25, 0.3) is 0 Å². The second-order valence-electron chi connectivity index (χ2n) is 4.31. The highest BCUT2D eigenvalue weighted by Crippen LogP contribution is 2.21. The SMILES string of the molecule is CCOc1cccc(OCc2cc(F)ccc2CN)c1. The van der Waals surface area contributed by atoms with Crippen molar-refractivity contribution in [1.29, 1.82) is 0 Å². The number of hydrogen-bond donors (Lipinski definition) is 1. The Morgan fingerprint density at radius 1 is 1.00 bits per heavy atom. The summed E-state index contributed by atoms with van der Waals surface area (Å²) in [5.74, 6) is 1.15. The topological polar surface area (TPSA) is 44.5 Å². The van der Waals surface area contributed by atoms with Gasteiger partial charge in [-0.05, 0) is 42.3 Å². The third-order valence-electron chi connectivity index (χ3n) is 2.90. The fourth-order valence-electron chi connectivity index (χ4n) is 1.91. The Morgan fingerprint density at radius 3 is 2.45 bits per heavy atom. The van der Waals surface area contributed by atoms with Gasteiger partial charge in [-0.3, -0.25) is 0 Å². The molecule has 0 bridgehead atoms. The van der Waals surface area contributed by atoms with Gasteiger partial charge in [0.2, 0.25) is 0 Å². The van der Waals surface area contributed by atoms with Crippen LogP contribution in [0, 0.1) is 5.82 Å². The quantitative estimate of drug-likeness (QED) is 0.880. The van der Waals surface area contributed by atoms with Gasteiger partial charge in [-0.2, -0.15) is 0 Å². The molecule has 0 aliphatic rings. The second-order valence-corrected chi connectivity index (χ2v) is 4.31. The first-order chi connectivity index (χ1) is 9.72. The van der Waals surface area contributed by atoms with Crippen LogP contribution in [0.4, 0.5) is 4.39 Å². The van der Waals surface area contributed by atoms with E-state index in [1.54, 1.807) is 6.07 Å². The fraction of sp³-hybridized carbons (Fsp3) is 0.250. The number of benzene rings is 2. The molecule has 2 rings (SSSR count). The van der Waals surface area contributed by atoms with Crippen molar-refractivity contribution in [2.24, 2.45) is 5.73 Å². The zero-order chi connectivity index (χ0) is 14.4. The molecule has 0 unspecified atom stereocenters. The Labute approximate surface area is 118 Å². The third-order valence-corrected chi connectivity index (χ3v) is 2.90. The summed E-state index contributed by atoms with van der Waals surface area (Å²) in [5.41, 5.74) is 7.28. The molecule has 2 N–H and O–H groups in total. The van der Waals surface area contributed by atoms with Crippen molar-refractivity contribution in [2.75, 3.05) is 6.61 Å². The number of halogens is 1. The minimum atomic E-state index is -0.288. The maximum absolute atomic E-state index is 13.3. The zero-order valence-corrected chi connectivity index (χ0v) is 11.4. The molecule has 0 aromatic heterocycles. The normalized spacial score (nSPS) is 10.3. The van der Waals surface area contributed by atoms with Crippen molar-refractivity contribution < 1.29 is 13.9 Å². The molecule has 4 heteroatoms. The highest BCUT2D eigenvalue weighted by atomic mass is 19.1. The molecule has 0 fully saturated rings. The number of ether oxygens (including phenoxy) is 2. The van der Waals surface area contributed by atoms with Gasteiger partial charge in [0.15, 0.2) is 0 Å². The van der Waals surface area contributed by atoms with Gasteiger partial charge in [0.1, 0.15) is 23.9 Å². The highest BCUT2D eigenvalue weighted by Gasteiger charge is 2.05. The Kier molecular flexibility index (Phi) is 4.96. The lowest BCUT2D eigenvalue weighted by Gasteiger charge is -2.11. The summed E-state index contributed by atoms with van der Waals surface area (Å²) in [6.45, 7) is 3.16. The molecule has 0 radical (unpaired) electrons. The monoisotopic (exact) mass is 275 g/mol. The van der Waals surface area contributed by atoms with Crippen molar-refractivity contribution in [2.45, 2.75) is 20.1 Å². The lowest BCUT2D eigenvalue weighted by Crippen LogP contribution is -2.05. The van der Waals surface area contributed by atoms with Crippen LogP contribution in [0.5, 0.6) is 11.5 Å². The summed E-state index contributed by atoms with van der Waals surface area (Å²) in [4.78, 5) is 0. The second kappa shape index (κ2) is 6.91. The van der Waals surface area contributed by atoms with Crippen LogP contribution in [0.1, 0.15) is 18.1 Å². The average molecular weight is 275 g/mol. The Hall–Kier alpha value is -2.07. The lowest BCUT2D eigenvalue weighted by atomic mass is 10.1. The van der Waals surface area contributed by atoms with E-state index >= 15 is 0 Å². The van der Waals surface area contributed by atoms with Crippen LogP contribution in [-0.4, -0.2) is 6.61 Å². The third kappa shape index (κ3) is 3.71. The van der Waals surface area contributed by atoms with Gasteiger partial charge in [0.25, 0.3) is 0 Å². The number of hydrogen-bond acceptors (Lipinski definition) is 3. The fourth-order valence-corrected chi connectivity index (χ4v) is 1.91. The molecule has 106 valence electrons. The van der Waals surface area contributed by atoms with Crippen molar-refractivity contribution in [3.8, 4) is 11.5 Å². The van der Waals surface area contributed by atoms with Gasteiger partial charge >= 0.3 is 0 Å². The van der Waals surface area contributed by atoms with E-state index in [4.69, 9.17) is 15.2 Å². The van der Waals surface area contributed by atoms with Crippen molar-refractivity contribution >= 4 is 0 Å². The van der Waals surface area contributed by atoms with E-state index in [9.17, 15) is 4.39 Å². The maximum atomic E-state index is 13.3. The summed E-state index contributed by atoms with van der Waals surface area (Å²) in [6.07, 6.45) is 0. The Morgan fingerprint density at radius 2 is 1.75 bits per heavy atom. The largest absolute Gasteiger partial charge is 0.494 e. The van der Waals surface area contributed by atoms with Crippen LogP contribution in [0.2, 0.25) is 0 Å². The van der Waals surface area contributed by atoms with Gasteiger partial charge < -0.3 is 15.2 Å². The molecule has 2 aromatic rings. The van der Waals surface area contributed by atoms with Gasteiger partial charge in [-0.1, -0.05) is 12.1 Å². The van der Waals surface area contributed by atoms with Gasteiger partial charge in [0, 0.05) is 12.6 Å². The van der Waals surface area contributed by atoms with E-state index in [1.165, 1.54) is 12.1 Å². The van der Waals surface area contributed by atoms with Crippen LogP contribution in [-0.2, 0) is 13.2 Å². The molecule has 0 heterocycles. The molecular formula is C16H18FNO2. The summed E-state index contributed by atoms with van der Waals surface area (Å²) >= 11 is 0. The van der Waals surface area contributed by atoms with Crippen molar-refractivity contribution in [1.82, 2.24) is 0 Å². The standard InChI is InChI=1S/C16H18FNO2/c1-2-19-15-4-3-5-16(9-15)20-11-13-8-14(17)7-6-12(13)10-18/h3-9H,2,10-11,18H2,1H3. The molecule has 20 heavy (non-hydrogen) atoms. The van der Waals surface area contributed by atoms with Crippen molar-refractivity contribution in [3.63, 3.8) is 0 Å². The summed E-state index contributed by atoms with van der Waals surface area (Å²) in [7, 11) is 0. The predicted molar refractivity (Wildman–Crippen MR) is 76.2 cm³/mol. The minimum absolute atomic E-state index is 0.278. The number of nitrogens with two attached hydrogens (primary N) is 1. The van der Waals surface area contributed by atoms with E-state index in [2.05, 4.69) is 0 Å². The van der Waals surface area contributed by atoms with Gasteiger partial charge in [0.05, 0.1) is 6.61 Å². The first kappa shape index (κ1) is 14.3. The molecule has 0 amide bonds.